The van der Waals surface area contributed by atoms with Gasteiger partial charge in [-0.05, 0) is 19.3 Å². The number of rotatable bonds is 2. The van der Waals surface area contributed by atoms with E-state index in [1.54, 1.807) is 0 Å². The summed E-state index contributed by atoms with van der Waals surface area (Å²) in [5, 5.41) is 10.4. The molecule has 2 atom stereocenters. The summed E-state index contributed by atoms with van der Waals surface area (Å²) >= 11 is 0. The molecule has 1 amide bonds. The van der Waals surface area contributed by atoms with Crippen molar-refractivity contribution in [2.24, 2.45) is 11.8 Å². The number of allylic oxidation sites excluding steroid dienone is 2. The summed E-state index contributed by atoms with van der Waals surface area (Å²) in [4.78, 5) is 28.2. The summed E-state index contributed by atoms with van der Waals surface area (Å²) in [5.74, 6) is -2.17. The molecule has 0 aromatic rings. The second-order valence-corrected chi connectivity index (χ2v) is 4.12. The molecule has 0 bridgehead atoms. The SMILES string of the molecule is O=C(O)C1CC=CCC1C(=O)N1CCCO1. The zero-order chi connectivity index (χ0) is 11.5. The Kier molecular flexibility index (Phi) is 3.24. The fourth-order valence-corrected chi connectivity index (χ4v) is 2.17. The number of carboxylic acids is 1. The lowest BCUT2D eigenvalue weighted by molar-refractivity contribution is -0.177. The number of hydroxylamine groups is 2. The van der Waals surface area contributed by atoms with Crippen LogP contribution in [0.2, 0.25) is 0 Å². The Labute approximate surface area is 93.6 Å². The molecular weight excluding hydrogens is 210 g/mol. The van der Waals surface area contributed by atoms with Gasteiger partial charge in [0.15, 0.2) is 0 Å². The van der Waals surface area contributed by atoms with Crippen LogP contribution in [0.4, 0.5) is 0 Å². The first kappa shape index (κ1) is 11.1. The number of carboxylic acid groups (broad SMARTS) is 1. The van der Waals surface area contributed by atoms with Gasteiger partial charge in [-0.25, -0.2) is 5.06 Å². The average Bonchev–Trinajstić information content (AvgIpc) is 2.81. The highest BCUT2D eigenvalue weighted by atomic mass is 16.7. The summed E-state index contributed by atoms with van der Waals surface area (Å²) in [6, 6.07) is 0. The largest absolute Gasteiger partial charge is 0.481 e. The van der Waals surface area contributed by atoms with Crippen molar-refractivity contribution in [1.29, 1.82) is 0 Å². The molecule has 0 aromatic carbocycles. The molecule has 1 aliphatic carbocycles. The van der Waals surface area contributed by atoms with Gasteiger partial charge in [0.2, 0.25) is 5.91 Å². The predicted molar refractivity (Wildman–Crippen MR) is 55.3 cm³/mol. The minimum Gasteiger partial charge on any atom is -0.481 e. The summed E-state index contributed by atoms with van der Waals surface area (Å²) in [6.45, 7) is 1.12. The van der Waals surface area contributed by atoms with Crippen LogP contribution in [-0.2, 0) is 14.4 Å². The molecule has 1 fully saturated rings. The second-order valence-electron chi connectivity index (χ2n) is 4.12. The van der Waals surface area contributed by atoms with Crippen molar-refractivity contribution in [3.8, 4) is 0 Å². The quantitative estimate of drug-likeness (QED) is 0.706. The highest BCUT2D eigenvalue weighted by Crippen LogP contribution is 2.28. The van der Waals surface area contributed by atoms with Crippen molar-refractivity contribution in [2.45, 2.75) is 19.3 Å². The Morgan fingerprint density at radius 1 is 1.25 bits per heavy atom. The van der Waals surface area contributed by atoms with Gasteiger partial charge in [-0.1, -0.05) is 12.2 Å². The summed E-state index contributed by atoms with van der Waals surface area (Å²) in [7, 11) is 0. The first-order valence-corrected chi connectivity index (χ1v) is 5.52. The van der Waals surface area contributed by atoms with Crippen LogP contribution in [0.3, 0.4) is 0 Å². The van der Waals surface area contributed by atoms with E-state index in [2.05, 4.69) is 0 Å². The highest BCUT2D eigenvalue weighted by molar-refractivity contribution is 5.84. The molecule has 0 aromatic heterocycles. The molecule has 0 spiro atoms. The van der Waals surface area contributed by atoms with Gasteiger partial charge in [-0.3, -0.25) is 14.4 Å². The van der Waals surface area contributed by atoms with E-state index in [1.807, 2.05) is 12.2 Å². The van der Waals surface area contributed by atoms with Gasteiger partial charge in [0.05, 0.1) is 25.0 Å². The Hall–Kier alpha value is -1.36. The van der Waals surface area contributed by atoms with Crippen molar-refractivity contribution < 1.29 is 19.5 Å². The molecular formula is C11H15NO4. The topological polar surface area (TPSA) is 66.8 Å². The van der Waals surface area contributed by atoms with Gasteiger partial charge in [0.1, 0.15) is 0 Å². The van der Waals surface area contributed by atoms with E-state index in [-0.39, 0.29) is 5.91 Å². The zero-order valence-corrected chi connectivity index (χ0v) is 8.96. The van der Waals surface area contributed by atoms with Crippen molar-refractivity contribution >= 4 is 11.9 Å². The summed E-state index contributed by atoms with van der Waals surface area (Å²) in [5.41, 5.74) is 0. The van der Waals surface area contributed by atoms with Gasteiger partial charge in [0.25, 0.3) is 0 Å². The summed E-state index contributed by atoms with van der Waals surface area (Å²) in [6.07, 6.45) is 5.45. The van der Waals surface area contributed by atoms with E-state index in [1.165, 1.54) is 5.06 Å². The summed E-state index contributed by atoms with van der Waals surface area (Å²) < 4.78 is 0. The number of hydrogen-bond donors (Lipinski definition) is 1. The van der Waals surface area contributed by atoms with E-state index in [0.717, 1.165) is 6.42 Å². The third-order valence-corrected chi connectivity index (χ3v) is 3.07. The Morgan fingerprint density at radius 3 is 2.50 bits per heavy atom. The fourth-order valence-electron chi connectivity index (χ4n) is 2.17. The molecule has 5 nitrogen and oxygen atoms in total. The maximum absolute atomic E-state index is 12.0. The second kappa shape index (κ2) is 4.65. The van der Waals surface area contributed by atoms with Crippen LogP contribution >= 0.6 is 0 Å². The van der Waals surface area contributed by atoms with Crippen LogP contribution in [0.5, 0.6) is 0 Å². The predicted octanol–water partition coefficient (Wildman–Crippen LogP) is 0.817. The van der Waals surface area contributed by atoms with Crippen LogP contribution in [0, 0.1) is 11.8 Å². The Balaban J connectivity index is 2.08. The highest BCUT2D eigenvalue weighted by Gasteiger charge is 2.37. The molecule has 1 N–H and O–H groups in total. The zero-order valence-electron chi connectivity index (χ0n) is 8.96. The molecule has 2 unspecified atom stereocenters. The van der Waals surface area contributed by atoms with Crippen molar-refractivity contribution in [2.75, 3.05) is 13.2 Å². The molecule has 0 radical (unpaired) electrons. The van der Waals surface area contributed by atoms with Crippen LogP contribution in [-0.4, -0.2) is 35.2 Å². The van der Waals surface area contributed by atoms with Crippen LogP contribution in [0.15, 0.2) is 12.2 Å². The standard InChI is InChI=1S/C11H15NO4/c13-10(12-6-3-7-16-12)8-4-1-2-5-9(8)11(14)15/h1-2,8-9H,3-7H2,(H,14,15). The third kappa shape index (κ3) is 2.09. The molecule has 2 aliphatic rings. The van der Waals surface area contributed by atoms with E-state index in [9.17, 15) is 9.59 Å². The number of hydrogen-bond acceptors (Lipinski definition) is 3. The number of carbonyl (C=O) groups excluding carboxylic acids is 1. The van der Waals surface area contributed by atoms with Crippen molar-refractivity contribution in [1.82, 2.24) is 5.06 Å². The lowest BCUT2D eigenvalue weighted by Crippen LogP contribution is -2.39. The normalized spacial score (nSPS) is 29.4. The molecule has 16 heavy (non-hydrogen) atoms. The third-order valence-electron chi connectivity index (χ3n) is 3.07. The van der Waals surface area contributed by atoms with E-state index >= 15 is 0 Å². The van der Waals surface area contributed by atoms with Crippen molar-refractivity contribution in [3.05, 3.63) is 12.2 Å². The molecule has 1 saturated heterocycles. The lowest BCUT2D eigenvalue weighted by Gasteiger charge is -2.27. The maximum atomic E-state index is 12.0. The van der Waals surface area contributed by atoms with Gasteiger partial charge in [-0.15, -0.1) is 0 Å². The van der Waals surface area contributed by atoms with E-state index < -0.39 is 17.8 Å². The van der Waals surface area contributed by atoms with Crippen LogP contribution in [0.1, 0.15) is 19.3 Å². The number of amides is 1. The number of carbonyl (C=O) groups is 2. The molecule has 1 aliphatic heterocycles. The molecule has 0 saturated carbocycles. The molecule has 2 rings (SSSR count). The van der Waals surface area contributed by atoms with E-state index in [0.29, 0.717) is 26.0 Å². The first-order valence-electron chi connectivity index (χ1n) is 5.52. The van der Waals surface area contributed by atoms with Gasteiger partial charge < -0.3 is 5.11 Å². The minimum absolute atomic E-state index is 0.186. The van der Waals surface area contributed by atoms with Gasteiger partial charge >= 0.3 is 5.97 Å². The molecule has 1 heterocycles. The fraction of sp³-hybridized carbons (Fsp3) is 0.636. The first-order chi connectivity index (χ1) is 7.70. The van der Waals surface area contributed by atoms with E-state index in [4.69, 9.17) is 9.94 Å². The van der Waals surface area contributed by atoms with Gasteiger partial charge in [-0.2, -0.15) is 0 Å². The smallest absolute Gasteiger partial charge is 0.307 e. The Bertz CT molecular complexity index is 320. The minimum atomic E-state index is -0.901. The lowest BCUT2D eigenvalue weighted by atomic mass is 9.82. The number of aliphatic carboxylic acids is 1. The molecule has 88 valence electrons. The van der Waals surface area contributed by atoms with Crippen LogP contribution < -0.4 is 0 Å². The Morgan fingerprint density at radius 2 is 1.94 bits per heavy atom. The monoisotopic (exact) mass is 225 g/mol. The molecule has 5 heteroatoms. The maximum Gasteiger partial charge on any atom is 0.307 e. The van der Waals surface area contributed by atoms with Crippen LogP contribution in [0.25, 0.3) is 0 Å². The average molecular weight is 225 g/mol. The van der Waals surface area contributed by atoms with Gasteiger partial charge in [0, 0.05) is 0 Å². The van der Waals surface area contributed by atoms with Crippen molar-refractivity contribution in [3.63, 3.8) is 0 Å². The number of nitrogens with zero attached hydrogens (tertiary/aromatic N) is 1.